The average molecular weight is 597 g/mol. The highest BCUT2D eigenvalue weighted by Crippen LogP contribution is 2.31. The van der Waals surface area contributed by atoms with E-state index in [1.54, 1.807) is 38.1 Å². The molecule has 0 fully saturated rings. The zero-order valence-electron chi connectivity index (χ0n) is 20.2. The molecule has 198 valence electrons. The summed E-state index contributed by atoms with van der Waals surface area (Å²) in [4.78, 5) is 27.6. The Morgan fingerprint density at radius 3 is 2.19 bits per heavy atom. The molecule has 0 radical (unpaired) electrons. The number of nitrogens with one attached hydrogen (secondary N) is 1. The van der Waals surface area contributed by atoms with Crippen molar-refractivity contribution in [3.63, 3.8) is 0 Å². The second-order valence-electron chi connectivity index (χ2n) is 8.07. The van der Waals surface area contributed by atoms with Gasteiger partial charge in [0.2, 0.25) is 21.8 Å². The molecular weight excluding hydrogens is 568 g/mol. The number of anilines is 1. The molecule has 0 spiro atoms. The van der Waals surface area contributed by atoms with Crippen LogP contribution in [0.1, 0.15) is 38.7 Å². The van der Waals surface area contributed by atoms with Gasteiger partial charge in [0.25, 0.3) is 0 Å². The van der Waals surface area contributed by atoms with Crippen molar-refractivity contribution in [1.82, 2.24) is 10.2 Å². The molecule has 2 aromatic carbocycles. The highest BCUT2D eigenvalue weighted by Gasteiger charge is 2.30. The molecule has 0 heterocycles. The fourth-order valence-corrected chi connectivity index (χ4v) is 5.65. The molecule has 0 unspecified atom stereocenters. The van der Waals surface area contributed by atoms with Crippen LogP contribution in [-0.4, -0.2) is 50.5 Å². The van der Waals surface area contributed by atoms with Crippen LogP contribution in [0.5, 0.6) is 0 Å². The van der Waals surface area contributed by atoms with Gasteiger partial charge >= 0.3 is 0 Å². The molecule has 7 nitrogen and oxygen atoms in total. The normalized spacial score (nSPS) is 12.2. The summed E-state index contributed by atoms with van der Waals surface area (Å²) in [5.74, 6) is -0.630. The van der Waals surface area contributed by atoms with E-state index in [1.807, 2.05) is 0 Å². The summed E-state index contributed by atoms with van der Waals surface area (Å²) in [6.45, 7) is 4.03. The van der Waals surface area contributed by atoms with Gasteiger partial charge in [-0.1, -0.05) is 59.4 Å². The third-order valence-electron chi connectivity index (χ3n) is 5.46. The third-order valence-corrected chi connectivity index (χ3v) is 7.90. The van der Waals surface area contributed by atoms with Crippen molar-refractivity contribution in [2.75, 3.05) is 23.7 Å². The molecule has 1 atom stereocenters. The van der Waals surface area contributed by atoms with Crippen LogP contribution in [0.25, 0.3) is 0 Å². The first-order valence-electron chi connectivity index (χ1n) is 11.3. The SMILES string of the molecule is CCNC(=O)[C@@H](CC)N(Cc1c(Cl)cccc1Cl)C(=O)CCCN(c1cc(Cl)ccc1Cl)S(C)(=O)=O. The van der Waals surface area contributed by atoms with Crippen molar-refractivity contribution in [3.05, 3.63) is 62.1 Å². The number of amides is 2. The van der Waals surface area contributed by atoms with Gasteiger partial charge in [0, 0.05) is 46.7 Å². The Balaban J connectivity index is 2.29. The van der Waals surface area contributed by atoms with Crippen molar-refractivity contribution in [2.24, 2.45) is 0 Å². The molecule has 2 aromatic rings. The first-order valence-corrected chi connectivity index (χ1v) is 14.7. The van der Waals surface area contributed by atoms with Crippen molar-refractivity contribution >= 4 is 73.9 Å². The minimum Gasteiger partial charge on any atom is -0.355 e. The molecule has 12 heteroatoms. The van der Waals surface area contributed by atoms with E-state index in [4.69, 9.17) is 46.4 Å². The molecule has 0 aliphatic heterocycles. The van der Waals surface area contributed by atoms with E-state index in [-0.39, 0.29) is 48.5 Å². The topological polar surface area (TPSA) is 86.8 Å². The van der Waals surface area contributed by atoms with Crippen LogP contribution in [0, 0.1) is 0 Å². The number of hydrogen-bond acceptors (Lipinski definition) is 4. The second kappa shape index (κ2) is 13.7. The number of rotatable bonds is 12. The molecule has 2 rings (SSSR count). The first-order chi connectivity index (χ1) is 16.9. The van der Waals surface area contributed by atoms with Crippen molar-refractivity contribution in [3.8, 4) is 0 Å². The monoisotopic (exact) mass is 595 g/mol. The zero-order valence-corrected chi connectivity index (χ0v) is 24.1. The Hall–Kier alpha value is -1.71. The van der Waals surface area contributed by atoms with E-state index >= 15 is 0 Å². The van der Waals surface area contributed by atoms with Gasteiger partial charge in [0.05, 0.1) is 17.0 Å². The summed E-state index contributed by atoms with van der Waals surface area (Å²) in [6.07, 6.45) is 1.57. The Morgan fingerprint density at radius 2 is 1.64 bits per heavy atom. The maximum Gasteiger partial charge on any atom is 0.242 e. The highest BCUT2D eigenvalue weighted by molar-refractivity contribution is 7.92. The van der Waals surface area contributed by atoms with Gasteiger partial charge in [-0.3, -0.25) is 13.9 Å². The van der Waals surface area contributed by atoms with Gasteiger partial charge in [0.15, 0.2) is 0 Å². The lowest BCUT2D eigenvalue weighted by atomic mass is 10.1. The number of carbonyl (C=O) groups is 2. The highest BCUT2D eigenvalue weighted by atomic mass is 35.5. The Morgan fingerprint density at radius 1 is 1.00 bits per heavy atom. The fourth-order valence-electron chi connectivity index (χ4n) is 3.72. The molecule has 2 amide bonds. The van der Waals surface area contributed by atoms with Gasteiger partial charge in [-0.15, -0.1) is 0 Å². The van der Waals surface area contributed by atoms with E-state index in [0.717, 1.165) is 10.6 Å². The number of halogens is 4. The quantitative estimate of drug-likeness (QED) is 0.336. The summed E-state index contributed by atoms with van der Waals surface area (Å²) in [6, 6.07) is 8.80. The van der Waals surface area contributed by atoms with Crippen LogP contribution >= 0.6 is 46.4 Å². The van der Waals surface area contributed by atoms with E-state index in [1.165, 1.54) is 17.0 Å². The van der Waals surface area contributed by atoms with Gasteiger partial charge in [-0.05, 0) is 50.1 Å². The first kappa shape index (κ1) is 30.5. The van der Waals surface area contributed by atoms with Gasteiger partial charge in [-0.25, -0.2) is 8.42 Å². The predicted molar refractivity (Wildman–Crippen MR) is 148 cm³/mol. The fraction of sp³-hybridized carbons (Fsp3) is 0.417. The lowest BCUT2D eigenvalue weighted by molar-refractivity contribution is -0.141. The van der Waals surface area contributed by atoms with Crippen molar-refractivity contribution in [1.29, 1.82) is 0 Å². The number of likely N-dealkylation sites (N-methyl/N-ethyl adjacent to an activating group) is 1. The maximum absolute atomic E-state index is 13.4. The van der Waals surface area contributed by atoms with Crippen LogP contribution in [0.2, 0.25) is 20.1 Å². The lowest BCUT2D eigenvalue weighted by Gasteiger charge is -2.31. The summed E-state index contributed by atoms with van der Waals surface area (Å²) in [5.41, 5.74) is 0.757. The molecule has 0 bridgehead atoms. The second-order valence-corrected chi connectivity index (χ2v) is 11.6. The lowest BCUT2D eigenvalue weighted by Crippen LogP contribution is -2.49. The molecule has 36 heavy (non-hydrogen) atoms. The molecule has 0 saturated heterocycles. The van der Waals surface area contributed by atoms with Crippen molar-refractivity contribution < 1.29 is 18.0 Å². The summed E-state index contributed by atoms with van der Waals surface area (Å²) in [5, 5.41) is 4.06. The van der Waals surface area contributed by atoms with Crippen LogP contribution in [0.15, 0.2) is 36.4 Å². The zero-order chi connectivity index (χ0) is 27.0. The summed E-state index contributed by atoms with van der Waals surface area (Å²) < 4.78 is 26.1. The smallest absolute Gasteiger partial charge is 0.242 e. The number of hydrogen-bond donors (Lipinski definition) is 1. The van der Waals surface area contributed by atoms with Gasteiger partial charge in [-0.2, -0.15) is 0 Å². The molecule has 0 aliphatic rings. The standard InChI is InChI=1S/C24H29Cl4N3O4S/c1-4-21(24(33)29-5-2)30(15-17-18(26)8-6-9-19(17)27)23(32)10-7-13-31(36(3,34)35)22-14-16(25)11-12-20(22)28/h6,8-9,11-12,14,21H,4-5,7,10,13,15H2,1-3H3,(H,29,33)/t21-/m1/s1. The van der Waals surface area contributed by atoms with Crippen LogP contribution in [0.3, 0.4) is 0 Å². The molecule has 1 N–H and O–H groups in total. The minimum absolute atomic E-state index is 0.0106. The van der Waals surface area contributed by atoms with Crippen LogP contribution in [-0.2, 0) is 26.2 Å². The number of carbonyl (C=O) groups excluding carboxylic acids is 2. The number of nitrogens with zero attached hydrogens (tertiary/aromatic N) is 2. The van der Waals surface area contributed by atoms with Crippen LogP contribution in [0.4, 0.5) is 5.69 Å². The number of benzene rings is 2. The summed E-state index contributed by atoms with van der Waals surface area (Å²) >= 11 is 24.9. The largest absolute Gasteiger partial charge is 0.355 e. The Kier molecular flexibility index (Phi) is 11.6. The van der Waals surface area contributed by atoms with E-state index in [0.29, 0.717) is 33.6 Å². The van der Waals surface area contributed by atoms with E-state index in [9.17, 15) is 18.0 Å². The van der Waals surface area contributed by atoms with Crippen molar-refractivity contribution in [2.45, 2.75) is 45.7 Å². The molecule has 0 saturated carbocycles. The minimum atomic E-state index is -3.71. The molecule has 0 aliphatic carbocycles. The predicted octanol–water partition coefficient (Wildman–Crippen LogP) is 5.79. The maximum atomic E-state index is 13.4. The number of sulfonamides is 1. The average Bonchev–Trinajstić information content (AvgIpc) is 2.79. The van der Waals surface area contributed by atoms with E-state index in [2.05, 4.69) is 5.32 Å². The van der Waals surface area contributed by atoms with E-state index < -0.39 is 16.1 Å². The molecular formula is C24H29Cl4N3O4S. The third kappa shape index (κ3) is 8.15. The Bertz CT molecular complexity index is 1170. The van der Waals surface area contributed by atoms with Crippen LogP contribution < -0.4 is 9.62 Å². The molecule has 0 aromatic heterocycles. The van der Waals surface area contributed by atoms with Gasteiger partial charge < -0.3 is 10.2 Å². The Labute approximate surface area is 232 Å². The summed E-state index contributed by atoms with van der Waals surface area (Å²) in [7, 11) is -3.71. The van der Waals surface area contributed by atoms with Gasteiger partial charge in [0.1, 0.15) is 6.04 Å².